The van der Waals surface area contributed by atoms with Gasteiger partial charge in [-0.05, 0) is 12.2 Å². The quantitative estimate of drug-likeness (QED) is 0.551. The van der Waals surface area contributed by atoms with Crippen LogP contribution >= 0.6 is 11.8 Å². The minimum atomic E-state index is -0.848. The fourth-order valence-corrected chi connectivity index (χ4v) is 3.10. The summed E-state index contributed by atoms with van der Waals surface area (Å²) < 4.78 is 11.1. The van der Waals surface area contributed by atoms with E-state index in [0.717, 1.165) is 10.7 Å². The number of hydrogen-bond donors (Lipinski definition) is 0. The molecule has 0 spiro atoms. The first-order valence-electron chi connectivity index (χ1n) is 3.00. The van der Waals surface area contributed by atoms with Crippen molar-refractivity contribution in [2.75, 3.05) is 5.75 Å². The molecule has 0 aromatic rings. The molecular formula is C7H6OS2. The maximum Gasteiger partial charge on any atom is 0.0787 e. The van der Waals surface area contributed by atoms with Gasteiger partial charge in [-0.25, -0.2) is 4.21 Å². The smallest absolute Gasteiger partial charge is 0.0787 e. The van der Waals surface area contributed by atoms with Gasteiger partial charge in [-0.1, -0.05) is 6.08 Å². The van der Waals surface area contributed by atoms with E-state index in [0.29, 0.717) is 0 Å². The van der Waals surface area contributed by atoms with E-state index >= 15 is 0 Å². The zero-order valence-corrected chi connectivity index (χ0v) is 6.87. The third kappa shape index (κ3) is 0.896. The monoisotopic (exact) mass is 170 g/mol. The van der Waals surface area contributed by atoms with Gasteiger partial charge in [0.25, 0.3) is 0 Å². The second-order valence-electron chi connectivity index (χ2n) is 2.04. The molecule has 1 atom stereocenters. The highest BCUT2D eigenvalue weighted by molar-refractivity contribution is 8.05. The van der Waals surface area contributed by atoms with E-state index in [1.165, 1.54) is 4.91 Å². The summed E-state index contributed by atoms with van der Waals surface area (Å²) in [5, 5.41) is 1.74. The molecule has 0 aliphatic carbocycles. The fraction of sp³-hybridized carbons (Fsp3) is 0.143. The summed E-state index contributed by atoms with van der Waals surface area (Å²) in [7, 11) is -0.848. The molecule has 3 heteroatoms. The molecule has 0 fully saturated rings. The van der Waals surface area contributed by atoms with E-state index in [-0.39, 0.29) is 0 Å². The van der Waals surface area contributed by atoms with Gasteiger partial charge < -0.3 is 0 Å². The Balaban J connectivity index is 2.46. The third-order valence-electron chi connectivity index (χ3n) is 1.41. The maximum atomic E-state index is 11.1. The molecule has 0 aromatic carbocycles. The maximum absolute atomic E-state index is 11.1. The van der Waals surface area contributed by atoms with Gasteiger partial charge in [-0.2, -0.15) is 0 Å². The molecule has 2 aliphatic rings. The highest BCUT2D eigenvalue weighted by Gasteiger charge is 2.15. The first-order valence-corrected chi connectivity index (χ1v) is 5.20. The molecule has 2 heterocycles. The summed E-state index contributed by atoms with van der Waals surface area (Å²) in [6.45, 7) is 0. The Labute approximate surface area is 66.3 Å². The zero-order chi connectivity index (χ0) is 6.97. The van der Waals surface area contributed by atoms with Crippen LogP contribution in [0.4, 0.5) is 0 Å². The van der Waals surface area contributed by atoms with E-state index in [4.69, 9.17) is 0 Å². The van der Waals surface area contributed by atoms with Crippen LogP contribution in [-0.2, 0) is 10.8 Å². The lowest BCUT2D eigenvalue weighted by Gasteiger charge is -2.03. The van der Waals surface area contributed by atoms with Crippen LogP contribution in [0.1, 0.15) is 0 Å². The summed E-state index contributed by atoms with van der Waals surface area (Å²) in [5.74, 6) is 1.01. The lowest BCUT2D eigenvalue weighted by atomic mass is 10.4. The summed E-state index contributed by atoms with van der Waals surface area (Å²) >= 11 is 1.75. The van der Waals surface area contributed by atoms with E-state index in [1.807, 2.05) is 12.2 Å². The van der Waals surface area contributed by atoms with Crippen molar-refractivity contribution in [1.29, 1.82) is 0 Å². The Kier molecular flexibility index (Phi) is 1.54. The van der Waals surface area contributed by atoms with Crippen LogP contribution in [0.3, 0.4) is 0 Å². The van der Waals surface area contributed by atoms with Crippen molar-refractivity contribution in [3.63, 3.8) is 0 Å². The van der Waals surface area contributed by atoms with Crippen LogP contribution in [0.15, 0.2) is 33.4 Å². The van der Waals surface area contributed by atoms with E-state index < -0.39 is 10.8 Å². The summed E-state index contributed by atoms with van der Waals surface area (Å²) in [4.78, 5) is 2.16. The van der Waals surface area contributed by atoms with Gasteiger partial charge in [0.1, 0.15) is 0 Å². The molecule has 2 aliphatic heterocycles. The van der Waals surface area contributed by atoms with Crippen molar-refractivity contribution in [3.05, 3.63) is 33.4 Å². The molecule has 1 nitrogen and oxygen atoms in total. The molecule has 0 bridgehead atoms. The SMILES string of the molecule is O=S1C=CC2=C1C=CCS2. The molecule has 0 saturated heterocycles. The molecule has 0 radical (unpaired) electrons. The number of hydrogen-bond acceptors (Lipinski definition) is 2. The van der Waals surface area contributed by atoms with E-state index in [2.05, 4.69) is 6.08 Å². The summed E-state index contributed by atoms with van der Waals surface area (Å²) in [6.07, 6.45) is 5.95. The first kappa shape index (κ1) is 6.43. The molecule has 10 heavy (non-hydrogen) atoms. The second kappa shape index (κ2) is 2.40. The van der Waals surface area contributed by atoms with E-state index in [9.17, 15) is 4.21 Å². The minimum Gasteiger partial charge on any atom is -0.250 e. The number of rotatable bonds is 0. The number of allylic oxidation sites excluding steroid dienone is 2. The molecule has 1 unspecified atom stereocenters. The van der Waals surface area contributed by atoms with Gasteiger partial charge in [0.2, 0.25) is 0 Å². The predicted octanol–water partition coefficient (Wildman–Crippen LogP) is 1.78. The topological polar surface area (TPSA) is 17.1 Å². The Morgan fingerprint density at radius 3 is 3.20 bits per heavy atom. The Bertz CT molecular complexity index is 273. The third-order valence-corrected chi connectivity index (χ3v) is 3.73. The van der Waals surface area contributed by atoms with Crippen LogP contribution in [0.5, 0.6) is 0 Å². The summed E-state index contributed by atoms with van der Waals surface area (Å²) in [5.41, 5.74) is 0. The highest BCUT2D eigenvalue weighted by Crippen LogP contribution is 2.32. The van der Waals surface area contributed by atoms with Gasteiger partial charge in [0, 0.05) is 16.1 Å². The predicted molar refractivity (Wildman–Crippen MR) is 45.9 cm³/mol. The van der Waals surface area contributed by atoms with Gasteiger partial charge in [0.15, 0.2) is 0 Å². The molecule has 0 amide bonds. The molecule has 0 aromatic heterocycles. The highest BCUT2D eigenvalue weighted by atomic mass is 32.2. The van der Waals surface area contributed by atoms with Crippen molar-refractivity contribution in [3.8, 4) is 0 Å². The van der Waals surface area contributed by atoms with Crippen molar-refractivity contribution in [2.45, 2.75) is 0 Å². The van der Waals surface area contributed by atoms with Crippen molar-refractivity contribution in [1.82, 2.24) is 0 Å². The van der Waals surface area contributed by atoms with Crippen molar-refractivity contribution in [2.24, 2.45) is 0 Å². The lowest BCUT2D eigenvalue weighted by Crippen LogP contribution is -1.89. The Hall–Kier alpha value is -0.280. The van der Waals surface area contributed by atoms with Crippen molar-refractivity contribution < 1.29 is 4.21 Å². The van der Waals surface area contributed by atoms with Crippen LogP contribution in [0, 0.1) is 0 Å². The molecule has 52 valence electrons. The minimum absolute atomic E-state index is 0.848. The Morgan fingerprint density at radius 1 is 1.50 bits per heavy atom. The molecule has 0 saturated carbocycles. The van der Waals surface area contributed by atoms with Crippen LogP contribution in [0.2, 0.25) is 0 Å². The summed E-state index contributed by atoms with van der Waals surface area (Å²) in [6, 6.07) is 0. The zero-order valence-electron chi connectivity index (χ0n) is 5.24. The van der Waals surface area contributed by atoms with Crippen LogP contribution in [-0.4, -0.2) is 9.96 Å². The van der Waals surface area contributed by atoms with Gasteiger partial charge in [-0.3, -0.25) is 0 Å². The average molecular weight is 170 g/mol. The Morgan fingerprint density at radius 2 is 2.40 bits per heavy atom. The standard InChI is InChI=1S/C7H6OS2/c8-10-5-3-6-7(10)2-1-4-9-6/h1-3,5H,4H2. The van der Waals surface area contributed by atoms with Gasteiger partial charge >= 0.3 is 0 Å². The van der Waals surface area contributed by atoms with Crippen LogP contribution in [0.25, 0.3) is 0 Å². The normalized spacial score (nSPS) is 29.4. The van der Waals surface area contributed by atoms with Gasteiger partial charge in [-0.15, -0.1) is 11.8 Å². The average Bonchev–Trinajstić information content (AvgIpc) is 2.34. The molecule has 0 N–H and O–H groups in total. The number of thioether (sulfide) groups is 1. The lowest BCUT2D eigenvalue weighted by molar-refractivity contribution is 0.692. The molecular weight excluding hydrogens is 164 g/mol. The second-order valence-corrected chi connectivity index (χ2v) is 4.41. The fourth-order valence-electron chi connectivity index (χ4n) is 0.940. The largest absolute Gasteiger partial charge is 0.250 e. The van der Waals surface area contributed by atoms with Crippen molar-refractivity contribution >= 4 is 22.6 Å². The van der Waals surface area contributed by atoms with Gasteiger partial charge in [0.05, 0.1) is 15.7 Å². The van der Waals surface area contributed by atoms with E-state index in [1.54, 1.807) is 17.2 Å². The molecule has 2 rings (SSSR count). The van der Waals surface area contributed by atoms with Crippen LogP contribution < -0.4 is 0 Å². The first-order chi connectivity index (χ1) is 4.88.